The molecule has 0 saturated heterocycles. The predicted molar refractivity (Wildman–Crippen MR) is 105 cm³/mol. The van der Waals surface area contributed by atoms with E-state index in [-0.39, 0.29) is 0 Å². The van der Waals surface area contributed by atoms with Gasteiger partial charge in [-0.1, -0.05) is 86.1 Å². The first kappa shape index (κ1) is 17.7. The van der Waals surface area contributed by atoms with Gasteiger partial charge in [0.25, 0.3) is 0 Å². The van der Waals surface area contributed by atoms with Crippen LogP contribution >= 0.6 is 0 Å². The van der Waals surface area contributed by atoms with Gasteiger partial charge in [0.2, 0.25) is 0 Å². The highest BCUT2D eigenvalue weighted by Gasteiger charge is 2.17. The number of hydrogen-bond donors (Lipinski definition) is 1. The predicted octanol–water partition coefficient (Wildman–Crippen LogP) is 6.42. The molecule has 3 nitrogen and oxygen atoms in total. The smallest absolute Gasteiger partial charge is 0.449 e. The van der Waals surface area contributed by atoms with Crippen molar-refractivity contribution in [1.29, 1.82) is 0 Å². The Bertz CT molecular complexity index is 885. The lowest BCUT2D eigenvalue weighted by Gasteiger charge is -2.16. The monoisotopic (exact) mass is 346 g/mol. The molecule has 3 rings (SSSR count). The molecule has 0 fully saturated rings. The van der Waals surface area contributed by atoms with Gasteiger partial charge in [-0.15, -0.1) is 0 Å². The van der Waals surface area contributed by atoms with E-state index in [9.17, 15) is 9.90 Å². The van der Waals surface area contributed by atoms with Gasteiger partial charge in [-0.2, -0.15) is 0 Å². The second kappa shape index (κ2) is 8.34. The Morgan fingerprint density at radius 2 is 1.50 bits per heavy atom. The minimum atomic E-state index is -1.30. The molecule has 26 heavy (non-hydrogen) atoms. The first-order chi connectivity index (χ1) is 12.7. The molecule has 132 valence electrons. The Kier molecular flexibility index (Phi) is 5.69. The number of ether oxygens (including phenoxy) is 1. The Balaban J connectivity index is 2.18. The van der Waals surface area contributed by atoms with Crippen LogP contribution in [0.3, 0.4) is 0 Å². The van der Waals surface area contributed by atoms with Crippen molar-refractivity contribution in [3.05, 3.63) is 78.4 Å². The van der Waals surface area contributed by atoms with Crippen LogP contribution in [0.15, 0.2) is 72.8 Å². The van der Waals surface area contributed by atoms with Crippen molar-refractivity contribution in [2.75, 3.05) is 0 Å². The lowest BCUT2D eigenvalue weighted by atomic mass is 9.92. The fourth-order valence-electron chi connectivity index (χ4n) is 3.16. The van der Waals surface area contributed by atoms with Crippen LogP contribution in [0, 0.1) is 0 Å². The number of carboxylic acid groups (broad SMARTS) is 1. The zero-order valence-electron chi connectivity index (χ0n) is 14.8. The summed E-state index contributed by atoms with van der Waals surface area (Å²) in [4.78, 5) is 11.4. The fourth-order valence-corrected chi connectivity index (χ4v) is 3.16. The first-order valence-electron chi connectivity index (χ1n) is 8.88. The van der Waals surface area contributed by atoms with Crippen LogP contribution in [-0.4, -0.2) is 11.3 Å². The van der Waals surface area contributed by atoms with E-state index in [1.165, 1.54) is 5.56 Å². The van der Waals surface area contributed by atoms with Crippen molar-refractivity contribution in [3.63, 3.8) is 0 Å². The Labute approximate surface area is 153 Å². The van der Waals surface area contributed by atoms with Crippen LogP contribution in [0.5, 0.6) is 5.75 Å². The number of carbonyl (C=O) groups is 1. The highest BCUT2D eigenvalue weighted by atomic mass is 16.7. The summed E-state index contributed by atoms with van der Waals surface area (Å²) in [6, 6.07) is 23.6. The van der Waals surface area contributed by atoms with Crippen LogP contribution in [0.25, 0.3) is 22.3 Å². The molecule has 0 aliphatic carbocycles. The van der Waals surface area contributed by atoms with Gasteiger partial charge in [0.05, 0.1) is 0 Å². The Hall–Kier alpha value is -3.07. The molecular weight excluding hydrogens is 324 g/mol. The third-order valence-corrected chi connectivity index (χ3v) is 4.40. The number of benzene rings is 3. The van der Waals surface area contributed by atoms with Crippen molar-refractivity contribution >= 4 is 6.16 Å². The van der Waals surface area contributed by atoms with Gasteiger partial charge in [0.15, 0.2) is 0 Å². The second-order valence-corrected chi connectivity index (χ2v) is 6.18. The van der Waals surface area contributed by atoms with E-state index in [2.05, 4.69) is 13.0 Å². The average Bonchev–Trinajstić information content (AvgIpc) is 2.67. The van der Waals surface area contributed by atoms with Gasteiger partial charge < -0.3 is 9.84 Å². The average molecular weight is 346 g/mol. The zero-order chi connectivity index (χ0) is 18.4. The summed E-state index contributed by atoms with van der Waals surface area (Å²) in [6.45, 7) is 2.16. The Morgan fingerprint density at radius 3 is 2.23 bits per heavy atom. The maximum Gasteiger partial charge on any atom is 0.511 e. The number of rotatable bonds is 6. The van der Waals surface area contributed by atoms with Crippen molar-refractivity contribution < 1.29 is 14.6 Å². The second-order valence-electron chi connectivity index (χ2n) is 6.18. The third kappa shape index (κ3) is 3.94. The Morgan fingerprint density at radius 1 is 0.846 bits per heavy atom. The molecule has 0 aliphatic rings. The van der Waals surface area contributed by atoms with Crippen LogP contribution in [-0.2, 0) is 6.42 Å². The topological polar surface area (TPSA) is 46.5 Å². The van der Waals surface area contributed by atoms with Crippen LogP contribution in [0.2, 0.25) is 0 Å². The lowest BCUT2D eigenvalue weighted by molar-refractivity contribution is 0.145. The summed E-state index contributed by atoms with van der Waals surface area (Å²) >= 11 is 0. The SMILES string of the molecule is CCCCc1ccccc1-c1cccc(-c2ccccc2)c1OC(=O)O. The van der Waals surface area contributed by atoms with E-state index in [0.717, 1.165) is 41.5 Å². The molecule has 0 saturated carbocycles. The summed E-state index contributed by atoms with van der Waals surface area (Å²) in [6.07, 6.45) is 1.84. The minimum Gasteiger partial charge on any atom is -0.449 e. The van der Waals surface area contributed by atoms with Crippen LogP contribution in [0.1, 0.15) is 25.3 Å². The van der Waals surface area contributed by atoms with Gasteiger partial charge in [-0.3, -0.25) is 0 Å². The molecule has 1 N–H and O–H groups in total. The molecule has 0 amide bonds. The summed E-state index contributed by atoms with van der Waals surface area (Å²) in [5, 5.41) is 9.30. The number of hydrogen-bond acceptors (Lipinski definition) is 2. The van der Waals surface area contributed by atoms with Gasteiger partial charge >= 0.3 is 6.16 Å². The molecule has 0 unspecified atom stereocenters. The third-order valence-electron chi connectivity index (χ3n) is 4.40. The van der Waals surface area contributed by atoms with Crippen LogP contribution < -0.4 is 4.74 Å². The van der Waals surface area contributed by atoms with E-state index >= 15 is 0 Å². The van der Waals surface area contributed by atoms with Gasteiger partial charge in [0.1, 0.15) is 5.75 Å². The van der Waals surface area contributed by atoms with E-state index in [1.807, 2.05) is 66.7 Å². The number of para-hydroxylation sites is 1. The van der Waals surface area contributed by atoms with E-state index < -0.39 is 6.16 Å². The molecule has 3 aromatic rings. The molecule has 0 atom stereocenters. The minimum absolute atomic E-state index is 0.384. The van der Waals surface area contributed by atoms with Crippen molar-refractivity contribution in [3.8, 4) is 28.0 Å². The standard InChI is InChI=1S/C23H22O3/c1-2-3-10-17-13-7-8-14-19(17)21-16-9-15-20(22(21)26-23(24)25)18-11-5-4-6-12-18/h4-9,11-16H,2-3,10H2,1H3,(H,24,25). The molecule has 3 aromatic carbocycles. The summed E-state index contributed by atoms with van der Waals surface area (Å²) < 4.78 is 5.26. The van der Waals surface area contributed by atoms with E-state index in [1.54, 1.807) is 0 Å². The molecule has 0 bridgehead atoms. The highest BCUT2D eigenvalue weighted by molar-refractivity contribution is 5.86. The van der Waals surface area contributed by atoms with Gasteiger partial charge in [0, 0.05) is 11.1 Å². The first-order valence-corrected chi connectivity index (χ1v) is 8.88. The lowest BCUT2D eigenvalue weighted by Crippen LogP contribution is -2.06. The highest BCUT2D eigenvalue weighted by Crippen LogP contribution is 2.40. The quantitative estimate of drug-likeness (QED) is 0.414. The van der Waals surface area contributed by atoms with Gasteiger partial charge in [-0.05, 0) is 29.5 Å². The number of aryl methyl sites for hydroxylation is 1. The molecule has 3 heteroatoms. The summed E-state index contributed by atoms with van der Waals surface area (Å²) in [5.41, 5.74) is 4.73. The molecule has 0 radical (unpaired) electrons. The summed E-state index contributed by atoms with van der Waals surface area (Å²) in [5.74, 6) is 0.384. The van der Waals surface area contributed by atoms with Crippen molar-refractivity contribution in [2.24, 2.45) is 0 Å². The van der Waals surface area contributed by atoms with E-state index in [0.29, 0.717) is 5.75 Å². The van der Waals surface area contributed by atoms with Crippen molar-refractivity contribution in [2.45, 2.75) is 26.2 Å². The summed E-state index contributed by atoms with van der Waals surface area (Å²) in [7, 11) is 0. The maximum absolute atomic E-state index is 11.4. The molecule has 0 spiro atoms. The van der Waals surface area contributed by atoms with Crippen LogP contribution in [0.4, 0.5) is 4.79 Å². The van der Waals surface area contributed by atoms with Crippen molar-refractivity contribution in [1.82, 2.24) is 0 Å². The van der Waals surface area contributed by atoms with E-state index in [4.69, 9.17) is 4.74 Å². The normalized spacial score (nSPS) is 10.5. The largest absolute Gasteiger partial charge is 0.511 e. The maximum atomic E-state index is 11.4. The number of unbranched alkanes of at least 4 members (excludes halogenated alkanes) is 1. The molecular formula is C23H22O3. The molecule has 0 heterocycles. The fraction of sp³-hybridized carbons (Fsp3) is 0.174. The molecule has 0 aliphatic heterocycles. The zero-order valence-corrected chi connectivity index (χ0v) is 14.8. The van der Waals surface area contributed by atoms with Gasteiger partial charge in [-0.25, -0.2) is 4.79 Å². The molecule has 0 aromatic heterocycles.